The van der Waals surface area contributed by atoms with Gasteiger partial charge in [0.25, 0.3) is 0 Å². The Kier molecular flexibility index (Phi) is 3.62. The minimum absolute atomic E-state index is 1.21. The summed E-state index contributed by atoms with van der Waals surface area (Å²) in [6.45, 7) is 12.7. The number of aryl methyl sites for hydroxylation is 2. The predicted octanol–water partition coefficient (Wildman–Crippen LogP) is 6.68. The molecule has 0 saturated heterocycles. The second kappa shape index (κ2) is 5.46. The third kappa shape index (κ3) is 2.25. The van der Waals surface area contributed by atoms with E-state index in [1.807, 2.05) is 6.08 Å². The van der Waals surface area contributed by atoms with Gasteiger partial charge in [0, 0.05) is 0 Å². The molecule has 3 aromatic carbocycles. The minimum Gasteiger partial charge on any atom is -0.0984 e. The maximum atomic E-state index is 4.00. The van der Waals surface area contributed by atoms with Crippen LogP contribution < -0.4 is 0 Å². The van der Waals surface area contributed by atoms with Crippen LogP contribution in [0.4, 0.5) is 0 Å². The van der Waals surface area contributed by atoms with Crippen molar-refractivity contribution >= 4 is 33.7 Å². The zero-order valence-corrected chi connectivity index (χ0v) is 13.8. The molecule has 0 amide bonds. The average Bonchev–Trinajstić information content (AvgIpc) is 2.49. The maximum absolute atomic E-state index is 4.00. The molecule has 0 spiro atoms. The monoisotopic (exact) mass is 286 g/mol. The van der Waals surface area contributed by atoms with Crippen LogP contribution in [0.15, 0.2) is 48.6 Å². The molecule has 0 aromatic heterocycles. The van der Waals surface area contributed by atoms with Crippen LogP contribution in [0.5, 0.6) is 0 Å². The van der Waals surface area contributed by atoms with Crippen LogP contribution in [0.3, 0.4) is 0 Å². The molecule has 0 aliphatic rings. The van der Waals surface area contributed by atoms with Gasteiger partial charge in [-0.05, 0) is 71.5 Å². The normalized spacial score (nSPS) is 10.9. The van der Waals surface area contributed by atoms with E-state index >= 15 is 0 Å². The van der Waals surface area contributed by atoms with E-state index in [1.165, 1.54) is 49.4 Å². The summed E-state index contributed by atoms with van der Waals surface area (Å²) in [6, 6.07) is 13.3. The molecule has 0 heteroatoms. The molecule has 0 fully saturated rings. The van der Waals surface area contributed by atoms with Crippen LogP contribution in [-0.2, 0) is 0 Å². The van der Waals surface area contributed by atoms with E-state index < -0.39 is 0 Å². The van der Waals surface area contributed by atoms with Gasteiger partial charge in [0.1, 0.15) is 0 Å². The van der Waals surface area contributed by atoms with E-state index in [1.54, 1.807) is 0 Å². The molecule has 110 valence electrons. The van der Waals surface area contributed by atoms with Gasteiger partial charge in [0.05, 0.1) is 0 Å². The molecule has 0 saturated carbocycles. The van der Waals surface area contributed by atoms with Crippen molar-refractivity contribution in [1.82, 2.24) is 0 Å². The Hall–Kier alpha value is -2.34. The van der Waals surface area contributed by atoms with Crippen LogP contribution in [0.2, 0.25) is 0 Å². The van der Waals surface area contributed by atoms with Crippen molar-refractivity contribution in [3.63, 3.8) is 0 Å². The van der Waals surface area contributed by atoms with Crippen molar-refractivity contribution in [2.24, 2.45) is 0 Å². The summed E-state index contributed by atoms with van der Waals surface area (Å²) in [7, 11) is 0. The van der Waals surface area contributed by atoms with Crippen molar-refractivity contribution in [2.75, 3.05) is 0 Å². The summed E-state index contributed by atoms with van der Waals surface area (Å²) >= 11 is 0. The first kappa shape index (κ1) is 14.6. The number of benzene rings is 3. The molecule has 3 aromatic rings. The number of hydrogen-bond acceptors (Lipinski definition) is 0. The van der Waals surface area contributed by atoms with Gasteiger partial charge in [-0.15, -0.1) is 0 Å². The molecule has 0 nitrogen and oxygen atoms in total. The number of fused-ring (bicyclic) bond motifs is 3. The largest absolute Gasteiger partial charge is 0.0984 e. The van der Waals surface area contributed by atoms with Gasteiger partial charge in [0.15, 0.2) is 0 Å². The predicted molar refractivity (Wildman–Crippen MR) is 100 cm³/mol. The smallest absolute Gasteiger partial charge is 0.00695 e. The minimum atomic E-state index is 1.21. The Morgan fingerprint density at radius 3 is 2.23 bits per heavy atom. The number of rotatable bonds is 2. The summed E-state index contributed by atoms with van der Waals surface area (Å²) in [5.74, 6) is 0. The highest BCUT2D eigenvalue weighted by Crippen LogP contribution is 2.35. The van der Waals surface area contributed by atoms with Crippen LogP contribution in [-0.4, -0.2) is 0 Å². The molecule has 0 heterocycles. The van der Waals surface area contributed by atoms with E-state index in [-0.39, 0.29) is 0 Å². The van der Waals surface area contributed by atoms with Crippen LogP contribution in [0.1, 0.15) is 36.1 Å². The molecule has 0 radical (unpaired) electrons. The first-order valence-electron chi connectivity index (χ1n) is 7.76. The lowest BCUT2D eigenvalue weighted by molar-refractivity contribution is 1.42. The summed E-state index contributed by atoms with van der Waals surface area (Å²) in [5, 5.41) is 5.37. The third-order valence-corrected chi connectivity index (χ3v) is 4.27. The van der Waals surface area contributed by atoms with E-state index in [2.05, 4.69) is 76.7 Å². The van der Waals surface area contributed by atoms with E-state index in [4.69, 9.17) is 0 Å². The fraction of sp³-hybridized carbons (Fsp3) is 0.182. The lowest BCUT2D eigenvalue weighted by Gasteiger charge is -2.15. The zero-order chi connectivity index (χ0) is 15.9. The summed E-state index contributed by atoms with van der Waals surface area (Å²) in [4.78, 5) is 0. The van der Waals surface area contributed by atoms with Gasteiger partial charge in [-0.3, -0.25) is 0 Å². The molecule has 0 atom stereocenters. The Morgan fingerprint density at radius 1 is 0.909 bits per heavy atom. The lowest BCUT2D eigenvalue weighted by Crippen LogP contribution is -1.92. The van der Waals surface area contributed by atoms with Gasteiger partial charge in [-0.1, -0.05) is 60.7 Å². The molecule has 0 N–H and O–H groups in total. The van der Waals surface area contributed by atoms with E-state index in [9.17, 15) is 0 Å². The molecule has 0 unspecified atom stereocenters. The summed E-state index contributed by atoms with van der Waals surface area (Å²) < 4.78 is 0. The van der Waals surface area contributed by atoms with Gasteiger partial charge in [0.2, 0.25) is 0 Å². The Balaban J connectivity index is 2.61. The van der Waals surface area contributed by atoms with Crippen molar-refractivity contribution in [1.29, 1.82) is 0 Å². The molecule has 3 rings (SSSR count). The molecular formula is C22H22. The van der Waals surface area contributed by atoms with Crippen molar-refractivity contribution < 1.29 is 0 Å². The highest BCUT2D eigenvalue weighted by Gasteiger charge is 2.11. The quantitative estimate of drug-likeness (QED) is 0.461. The van der Waals surface area contributed by atoms with Crippen LogP contribution in [0, 0.1) is 13.8 Å². The first-order valence-corrected chi connectivity index (χ1v) is 7.76. The highest BCUT2D eigenvalue weighted by atomic mass is 14.2. The molecule has 0 aliphatic heterocycles. The third-order valence-electron chi connectivity index (χ3n) is 4.27. The fourth-order valence-corrected chi connectivity index (χ4v) is 3.35. The first-order chi connectivity index (χ1) is 10.5. The molecular weight excluding hydrogens is 264 g/mol. The van der Waals surface area contributed by atoms with E-state index in [0.29, 0.717) is 0 Å². The molecule has 0 bridgehead atoms. The zero-order valence-electron chi connectivity index (χ0n) is 13.8. The lowest BCUT2D eigenvalue weighted by atomic mass is 9.89. The summed E-state index contributed by atoms with van der Waals surface area (Å²) in [5.41, 5.74) is 6.43. The van der Waals surface area contributed by atoms with Gasteiger partial charge in [-0.2, -0.15) is 0 Å². The van der Waals surface area contributed by atoms with Crippen LogP contribution >= 0.6 is 0 Å². The Bertz CT molecular complexity index is 920. The molecule has 0 aliphatic carbocycles. The van der Waals surface area contributed by atoms with Crippen LogP contribution in [0.25, 0.3) is 33.7 Å². The van der Waals surface area contributed by atoms with Crippen molar-refractivity contribution in [3.05, 3.63) is 70.8 Å². The maximum Gasteiger partial charge on any atom is -0.00695 e. The highest BCUT2D eigenvalue weighted by molar-refractivity contribution is 6.13. The summed E-state index contributed by atoms with van der Waals surface area (Å²) in [6.07, 6.45) is 4.23. The van der Waals surface area contributed by atoms with Gasteiger partial charge >= 0.3 is 0 Å². The Morgan fingerprint density at radius 2 is 1.59 bits per heavy atom. The van der Waals surface area contributed by atoms with Gasteiger partial charge < -0.3 is 0 Å². The van der Waals surface area contributed by atoms with E-state index in [0.717, 1.165) is 0 Å². The average molecular weight is 286 g/mol. The van der Waals surface area contributed by atoms with Crippen molar-refractivity contribution in [3.8, 4) is 0 Å². The second-order valence-electron chi connectivity index (χ2n) is 6.28. The number of allylic oxidation sites excluding steroid dienone is 1. The topological polar surface area (TPSA) is 0 Å². The Labute approximate surface area is 132 Å². The SMILES string of the molecule is C=Cc1cc(C)c2c(cc(C)c3ccccc32)c1C=C(C)C. The standard InChI is InChI=1S/C22H22/c1-6-17-12-16(5)22-19-10-8-7-9-18(19)15(4)13-21(22)20(17)11-14(2)3/h6-13H,1H2,2-5H3. The number of hydrogen-bond donors (Lipinski definition) is 0. The molecule has 22 heavy (non-hydrogen) atoms. The van der Waals surface area contributed by atoms with Crippen molar-refractivity contribution in [2.45, 2.75) is 27.7 Å². The fourth-order valence-electron chi connectivity index (χ4n) is 3.35. The second-order valence-corrected chi connectivity index (χ2v) is 6.28. The van der Waals surface area contributed by atoms with Gasteiger partial charge in [-0.25, -0.2) is 0 Å².